The smallest absolute Gasteiger partial charge is 0.335 e. The minimum atomic E-state index is -1.07. The van der Waals surface area contributed by atoms with E-state index in [2.05, 4.69) is 6.92 Å². The van der Waals surface area contributed by atoms with Gasteiger partial charge in [-0.2, -0.15) is 0 Å². The molecule has 0 spiro atoms. The molecule has 0 unspecified atom stereocenters. The van der Waals surface area contributed by atoms with Crippen molar-refractivity contribution in [3.05, 3.63) is 23.8 Å². The number of carboxylic acids is 1. The van der Waals surface area contributed by atoms with Crippen molar-refractivity contribution in [3.8, 4) is 11.5 Å². The third-order valence-corrected chi connectivity index (χ3v) is 3.40. The molecule has 0 heterocycles. The van der Waals surface area contributed by atoms with E-state index in [-0.39, 0.29) is 11.3 Å². The highest BCUT2D eigenvalue weighted by Gasteiger charge is 2.07. The molecule has 0 atom stereocenters. The Kier molecular flexibility index (Phi) is 8.32. The fraction of sp³-hybridized carbons (Fsp3) is 0.588. The van der Waals surface area contributed by atoms with Gasteiger partial charge >= 0.3 is 5.97 Å². The number of hydrogen-bond donors (Lipinski definition) is 2. The summed E-state index contributed by atoms with van der Waals surface area (Å²) in [6.07, 6.45) is 9.80. The fourth-order valence-electron chi connectivity index (χ4n) is 2.22. The Bertz CT molecular complexity index is 429. The van der Waals surface area contributed by atoms with E-state index >= 15 is 0 Å². The zero-order valence-electron chi connectivity index (χ0n) is 12.8. The second kappa shape index (κ2) is 10.1. The molecule has 0 aliphatic carbocycles. The summed E-state index contributed by atoms with van der Waals surface area (Å²) < 4.78 is 5.50. The van der Waals surface area contributed by atoms with Crippen LogP contribution in [0.5, 0.6) is 11.5 Å². The Morgan fingerprint density at radius 2 is 1.62 bits per heavy atom. The number of rotatable bonds is 11. The number of benzene rings is 1. The summed E-state index contributed by atoms with van der Waals surface area (Å²) in [5.74, 6) is -0.737. The van der Waals surface area contributed by atoms with Crippen LogP contribution in [0.4, 0.5) is 0 Å². The number of aromatic carboxylic acids is 1. The minimum Gasteiger partial charge on any atom is -0.508 e. The van der Waals surface area contributed by atoms with E-state index in [1.165, 1.54) is 56.7 Å². The lowest BCUT2D eigenvalue weighted by Gasteiger charge is -2.07. The molecule has 0 saturated carbocycles. The first-order chi connectivity index (χ1) is 10.1. The lowest BCUT2D eigenvalue weighted by Crippen LogP contribution is -2.00. The molecule has 0 aliphatic rings. The first kappa shape index (κ1) is 17.3. The molecule has 118 valence electrons. The Morgan fingerprint density at radius 3 is 2.24 bits per heavy atom. The van der Waals surface area contributed by atoms with Gasteiger partial charge in [0.15, 0.2) is 0 Å². The van der Waals surface area contributed by atoms with Gasteiger partial charge in [-0.1, -0.05) is 51.9 Å². The van der Waals surface area contributed by atoms with E-state index in [1.54, 1.807) is 0 Å². The fourth-order valence-corrected chi connectivity index (χ4v) is 2.22. The van der Waals surface area contributed by atoms with Gasteiger partial charge in [0.05, 0.1) is 12.2 Å². The number of unbranched alkanes of at least 4 members (excludes halogenated alkanes) is 7. The van der Waals surface area contributed by atoms with Crippen molar-refractivity contribution in [1.82, 2.24) is 0 Å². The zero-order chi connectivity index (χ0) is 15.5. The molecular formula is C17H26O4. The summed E-state index contributed by atoms with van der Waals surface area (Å²) >= 11 is 0. The maximum Gasteiger partial charge on any atom is 0.335 e. The summed E-state index contributed by atoms with van der Waals surface area (Å²) in [6, 6.07) is 4.09. The van der Waals surface area contributed by atoms with Gasteiger partial charge in [0, 0.05) is 6.07 Å². The first-order valence-electron chi connectivity index (χ1n) is 7.83. The van der Waals surface area contributed by atoms with Crippen molar-refractivity contribution in [2.75, 3.05) is 6.61 Å². The van der Waals surface area contributed by atoms with Crippen molar-refractivity contribution in [2.24, 2.45) is 0 Å². The van der Waals surface area contributed by atoms with Crippen LogP contribution in [-0.2, 0) is 0 Å². The second-order valence-corrected chi connectivity index (χ2v) is 5.34. The molecule has 1 rings (SSSR count). The van der Waals surface area contributed by atoms with Crippen LogP contribution >= 0.6 is 0 Å². The Balaban J connectivity index is 2.17. The maximum absolute atomic E-state index is 10.9. The van der Waals surface area contributed by atoms with Crippen LogP contribution in [0.2, 0.25) is 0 Å². The molecule has 0 aromatic heterocycles. The summed E-state index contributed by atoms with van der Waals surface area (Å²) in [5, 5.41) is 18.3. The van der Waals surface area contributed by atoms with Gasteiger partial charge in [-0.3, -0.25) is 0 Å². The lowest BCUT2D eigenvalue weighted by molar-refractivity contribution is 0.0696. The summed E-state index contributed by atoms with van der Waals surface area (Å²) in [6.45, 7) is 2.77. The van der Waals surface area contributed by atoms with Crippen LogP contribution < -0.4 is 4.74 Å². The Labute approximate surface area is 126 Å². The van der Waals surface area contributed by atoms with Crippen molar-refractivity contribution < 1.29 is 19.7 Å². The van der Waals surface area contributed by atoms with Crippen molar-refractivity contribution in [2.45, 2.75) is 58.3 Å². The monoisotopic (exact) mass is 294 g/mol. The number of carbonyl (C=O) groups is 1. The number of aromatic hydroxyl groups is 1. The summed E-state index contributed by atoms with van der Waals surface area (Å²) in [4.78, 5) is 10.9. The van der Waals surface area contributed by atoms with Gasteiger partial charge in [-0.25, -0.2) is 4.79 Å². The molecule has 1 aromatic rings. The molecule has 1 aromatic carbocycles. The highest BCUT2D eigenvalue weighted by molar-refractivity contribution is 5.88. The van der Waals surface area contributed by atoms with E-state index in [0.29, 0.717) is 12.4 Å². The molecule has 0 saturated heterocycles. The molecule has 0 amide bonds. The third-order valence-electron chi connectivity index (χ3n) is 3.40. The molecule has 0 radical (unpaired) electrons. The van der Waals surface area contributed by atoms with Crippen LogP contribution in [-0.4, -0.2) is 22.8 Å². The largest absolute Gasteiger partial charge is 0.508 e. The van der Waals surface area contributed by atoms with E-state index in [4.69, 9.17) is 9.84 Å². The predicted molar refractivity (Wildman–Crippen MR) is 83.2 cm³/mol. The lowest BCUT2D eigenvalue weighted by atomic mass is 10.1. The molecule has 21 heavy (non-hydrogen) atoms. The number of hydrogen-bond acceptors (Lipinski definition) is 3. The van der Waals surface area contributed by atoms with Gasteiger partial charge in [0.1, 0.15) is 11.5 Å². The molecule has 4 nitrogen and oxygen atoms in total. The predicted octanol–water partition coefficient (Wildman–Crippen LogP) is 4.61. The molecule has 4 heteroatoms. The van der Waals surface area contributed by atoms with E-state index in [9.17, 15) is 9.90 Å². The molecular weight excluding hydrogens is 268 g/mol. The average molecular weight is 294 g/mol. The van der Waals surface area contributed by atoms with Gasteiger partial charge < -0.3 is 14.9 Å². The highest BCUT2D eigenvalue weighted by atomic mass is 16.5. The molecule has 0 aliphatic heterocycles. The molecule has 2 N–H and O–H groups in total. The van der Waals surface area contributed by atoms with Crippen molar-refractivity contribution in [3.63, 3.8) is 0 Å². The standard InChI is InChI=1S/C17H26O4/c1-2-3-4-5-6-7-8-9-10-21-16-12-14(17(19)20)11-15(18)13-16/h11-13,18H,2-10H2,1H3,(H,19,20). The Hall–Kier alpha value is -1.71. The quantitative estimate of drug-likeness (QED) is 0.585. The van der Waals surface area contributed by atoms with Crippen LogP contribution in [0.1, 0.15) is 68.6 Å². The van der Waals surface area contributed by atoms with Gasteiger partial charge in [-0.15, -0.1) is 0 Å². The average Bonchev–Trinajstić information content (AvgIpc) is 2.45. The number of ether oxygens (including phenoxy) is 1. The van der Waals surface area contributed by atoms with Crippen molar-refractivity contribution >= 4 is 5.97 Å². The summed E-state index contributed by atoms with van der Waals surface area (Å²) in [7, 11) is 0. The van der Waals surface area contributed by atoms with E-state index in [0.717, 1.165) is 12.8 Å². The number of phenols is 1. The summed E-state index contributed by atoms with van der Waals surface area (Å²) in [5.41, 5.74) is 0.0425. The molecule has 0 fully saturated rings. The maximum atomic E-state index is 10.9. The van der Waals surface area contributed by atoms with Crippen molar-refractivity contribution in [1.29, 1.82) is 0 Å². The normalized spacial score (nSPS) is 10.5. The van der Waals surface area contributed by atoms with Gasteiger partial charge in [-0.05, 0) is 18.6 Å². The number of phenolic OH excluding ortho intramolecular Hbond substituents is 1. The molecule has 0 bridgehead atoms. The van der Waals surface area contributed by atoms with E-state index < -0.39 is 5.97 Å². The highest BCUT2D eigenvalue weighted by Crippen LogP contribution is 2.22. The topological polar surface area (TPSA) is 66.8 Å². The van der Waals surface area contributed by atoms with Gasteiger partial charge in [0.2, 0.25) is 0 Å². The number of carboxylic acid groups (broad SMARTS) is 1. The van der Waals surface area contributed by atoms with Crippen LogP contribution in [0.25, 0.3) is 0 Å². The zero-order valence-corrected chi connectivity index (χ0v) is 12.8. The SMILES string of the molecule is CCCCCCCCCCOc1cc(O)cc(C(=O)O)c1. The third kappa shape index (κ3) is 7.59. The first-order valence-corrected chi connectivity index (χ1v) is 7.83. The minimum absolute atomic E-state index is 0.0425. The Morgan fingerprint density at radius 1 is 1.00 bits per heavy atom. The van der Waals surface area contributed by atoms with Gasteiger partial charge in [0.25, 0.3) is 0 Å². The van der Waals surface area contributed by atoms with E-state index in [1.807, 2.05) is 0 Å². The second-order valence-electron chi connectivity index (χ2n) is 5.34. The van der Waals surface area contributed by atoms with Crippen LogP contribution in [0, 0.1) is 0 Å². The van der Waals surface area contributed by atoms with Crippen LogP contribution in [0.15, 0.2) is 18.2 Å². The van der Waals surface area contributed by atoms with Crippen LogP contribution in [0.3, 0.4) is 0 Å².